The monoisotopic (exact) mass is 275 g/mol. The molecule has 0 aliphatic heterocycles. The van der Waals surface area contributed by atoms with Gasteiger partial charge in [-0.05, 0) is 62.1 Å². The second-order valence-corrected chi connectivity index (χ2v) is 6.29. The Bertz CT molecular complexity index is 537. The molecule has 100 valence electrons. The van der Waals surface area contributed by atoms with Crippen molar-refractivity contribution in [3.8, 4) is 0 Å². The predicted molar refractivity (Wildman–Crippen MR) is 78.2 cm³/mol. The Morgan fingerprint density at radius 1 is 1.26 bits per heavy atom. The summed E-state index contributed by atoms with van der Waals surface area (Å²) >= 11 is 1.94. The van der Waals surface area contributed by atoms with E-state index in [9.17, 15) is 4.39 Å². The Hall–Kier alpha value is -1.19. The molecule has 3 rings (SSSR count). The maximum atomic E-state index is 12.9. The summed E-state index contributed by atoms with van der Waals surface area (Å²) in [5, 5.41) is 3.39. The van der Waals surface area contributed by atoms with Gasteiger partial charge in [0.1, 0.15) is 5.82 Å². The zero-order valence-electron chi connectivity index (χ0n) is 11.1. The molecule has 3 heteroatoms. The summed E-state index contributed by atoms with van der Waals surface area (Å²) in [6.07, 6.45) is 4.70. The largest absolute Gasteiger partial charge is 0.312 e. The molecular formula is C16H18FNS. The minimum absolute atomic E-state index is 0.167. The maximum absolute atomic E-state index is 12.9. The van der Waals surface area contributed by atoms with Crippen molar-refractivity contribution in [2.45, 2.75) is 31.7 Å². The van der Waals surface area contributed by atoms with Gasteiger partial charge in [-0.2, -0.15) is 0 Å². The average Bonchev–Trinajstić information content (AvgIpc) is 2.99. The van der Waals surface area contributed by atoms with E-state index in [1.807, 2.05) is 30.5 Å². The predicted octanol–water partition coefficient (Wildman–Crippen LogP) is 3.88. The van der Waals surface area contributed by atoms with E-state index in [2.05, 4.69) is 11.4 Å². The molecule has 2 aromatic rings. The summed E-state index contributed by atoms with van der Waals surface area (Å²) in [6.45, 7) is 0. The van der Waals surface area contributed by atoms with Crippen LogP contribution >= 0.6 is 11.3 Å². The molecule has 19 heavy (non-hydrogen) atoms. The second kappa shape index (κ2) is 5.43. The highest BCUT2D eigenvalue weighted by Crippen LogP contribution is 2.34. The number of hydrogen-bond acceptors (Lipinski definition) is 2. The minimum Gasteiger partial charge on any atom is -0.312 e. The molecule has 0 bridgehead atoms. The lowest BCUT2D eigenvalue weighted by atomic mass is 10.0. The van der Waals surface area contributed by atoms with Crippen molar-refractivity contribution in [2.75, 3.05) is 7.05 Å². The quantitative estimate of drug-likeness (QED) is 0.893. The van der Waals surface area contributed by atoms with E-state index in [0.717, 1.165) is 6.42 Å². The van der Waals surface area contributed by atoms with Crippen LogP contribution in [0.5, 0.6) is 0 Å². The van der Waals surface area contributed by atoms with Crippen LogP contribution in [-0.2, 0) is 19.3 Å². The van der Waals surface area contributed by atoms with Crippen LogP contribution in [0.2, 0.25) is 0 Å². The smallest absolute Gasteiger partial charge is 0.123 e. The third-order valence-electron chi connectivity index (χ3n) is 3.81. The number of rotatable bonds is 4. The third kappa shape index (κ3) is 2.72. The first kappa shape index (κ1) is 12.8. The van der Waals surface area contributed by atoms with E-state index >= 15 is 0 Å². The zero-order chi connectivity index (χ0) is 13.2. The highest BCUT2D eigenvalue weighted by molar-refractivity contribution is 7.12. The molecule has 0 radical (unpaired) electrons. The summed E-state index contributed by atoms with van der Waals surface area (Å²) in [4.78, 5) is 2.98. The lowest BCUT2D eigenvalue weighted by Crippen LogP contribution is -2.17. The van der Waals surface area contributed by atoms with Gasteiger partial charge in [0, 0.05) is 15.8 Å². The molecule has 1 atom stereocenters. The number of halogens is 1. The van der Waals surface area contributed by atoms with Crippen LogP contribution in [0, 0.1) is 5.82 Å². The topological polar surface area (TPSA) is 12.0 Å². The van der Waals surface area contributed by atoms with Crippen LogP contribution in [0.25, 0.3) is 0 Å². The fraction of sp³-hybridized carbons (Fsp3) is 0.375. The molecule has 1 aliphatic carbocycles. The van der Waals surface area contributed by atoms with Gasteiger partial charge in [0.15, 0.2) is 0 Å². The fourth-order valence-corrected chi connectivity index (χ4v) is 4.09. The van der Waals surface area contributed by atoms with E-state index in [4.69, 9.17) is 0 Å². The Morgan fingerprint density at radius 3 is 2.74 bits per heavy atom. The third-order valence-corrected chi connectivity index (χ3v) is 5.16. The van der Waals surface area contributed by atoms with Crippen LogP contribution in [0.3, 0.4) is 0 Å². The summed E-state index contributed by atoms with van der Waals surface area (Å²) < 4.78 is 12.9. The van der Waals surface area contributed by atoms with Gasteiger partial charge in [0.2, 0.25) is 0 Å². The lowest BCUT2D eigenvalue weighted by Gasteiger charge is -2.14. The van der Waals surface area contributed by atoms with Crippen molar-refractivity contribution in [2.24, 2.45) is 0 Å². The van der Waals surface area contributed by atoms with E-state index in [1.165, 1.54) is 41.8 Å². The molecule has 1 aromatic carbocycles. The van der Waals surface area contributed by atoms with Gasteiger partial charge in [0.25, 0.3) is 0 Å². The molecule has 1 unspecified atom stereocenters. The highest BCUT2D eigenvalue weighted by Gasteiger charge is 2.19. The van der Waals surface area contributed by atoms with E-state index in [-0.39, 0.29) is 5.82 Å². The number of nitrogens with one attached hydrogen (secondary N) is 1. The standard InChI is InChI=1S/C16H18FNS/c1-18-14(9-11-5-7-13(17)8-6-11)16-10-12-3-2-4-15(12)19-16/h5-8,10,14,18H,2-4,9H2,1H3. The summed E-state index contributed by atoms with van der Waals surface area (Å²) in [5.41, 5.74) is 2.72. The van der Waals surface area contributed by atoms with Gasteiger partial charge >= 0.3 is 0 Å². The molecule has 1 N–H and O–H groups in total. The molecule has 0 fully saturated rings. The van der Waals surface area contributed by atoms with E-state index < -0.39 is 0 Å². The van der Waals surface area contributed by atoms with Gasteiger partial charge in [-0.25, -0.2) is 4.39 Å². The molecule has 0 saturated carbocycles. The number of hydrogen-bond donors (Lipinski definition) is 1. The van der Waals surface area contributed by atoms with Crippen LogP contribution < -0.4 is 5.32 Å². The Morgan fingerprint density at radius 2 is 2.05 bits per heavy atom. The molecule has 1 nitrogen and oxygen atoms in total. The Balaban J connectivity index is 1.78. The minimum atomic E-state index is -0.167. The Kier molecular flexibility index (Phi) is 3.67. The molecule has 0 amide bonds. The molecule has 0 spiro atoms. The van der Waals surface area contributed by atoms with Crippen LogP contribution in [0.4, 0.5) is 4.39 Å². The number of likely N-dealkylation sites (N-methyl/N-ethyl adjacent to an activating group) is 1. The highest BCUT2D eigenvalue weighted by atomic mass is 32.1. The van der Waals surface area contributed by atoms with E-state index in [0.29, 0.717) is 6.04 Å². The number of aryl methyl sites for hydroxylation is 2. The average molecular weight is 275 g/mol. The fourth-order valence-electron chi connectivity index (χ4n) is 2.72. The summed E-state index contributed by atoms with van der Waals surface area (Å²) in [7, 11) is 2.00. The second-order valence-electron chi connectivity index (χ2n) is 5.12. The molecular weight excluding hydrogens is 257 g/mol. The van der Waals surface area contributed by atoms with Crippen molar-refractivity contribution >= 4 is 11.3 Å². The van der Waals surface area contributed by atoms with E-state index in [1.54, 1.807) is 10.4 Å². The number of thiophene rings is 1. The normalized spacial score (nSPS) is 15.5. The first-order chi connectivity index (χ1) is 9.26. The molecule has 1 aliphatic rings. The SMILES string of the molecule is CNC(Cc1ccc(F)cc1)c1cc2c(s1)CCC2. The van der Waals surface area contributed by atoms with Crippen molar-refractivity contribution in [3.05, 3.63) is 57.0 Å². The Labute approximate surface area is 117 Å². The van der Waals surface area contributed by atoms with Gasteiger partial charge in [0.05, 0.1) is 0 Å². The summed E-state index contributed by atoms with van der Waals surface area (Å²) in [6, 6.07) is 9.52. The van der Waals surface area contributed by atoms with Gasteiger partial charge < -0.3 is 5.32 Å². The number of benzene rings is 1. The van der Waals surface area contributed by atoms with Crippen LogP contribution in [-0.4, -0.2) is 7.05 Å². The van der Waals surface area contributed by atoms with Crippen molar-refractivity contribution in [3.63, 3.8) is 0 Å². The summed E-state index contributed by atoms with van der Waals surface area (Å²) in [5.74, 6) is -0.167. The zero-order valence-corrected chi connectivity index (χ0v) is 11.9. The van der Waals surface area contributed by atoms with Crippen molar-refractivity contribution in [1.29, 1.82) is 0 Å². The van der Waals surface area contributed by atoms with Crippen LogP contribution in [0.1, 0.15) is 33.3 Å². The van der Waals surface area contributed by atoms with Crippen LogP contribution in [0.15, 0.2) is 30.3 Å². The van der Waals surface area contributed by atoms with Crippen molar-refractivity contribution in [1.82, 2.24) is 5.32 Å². The first-order valence-corrected chi connectivity index (χ1v) is 7.61. The molecule has 1 aromatic heterocycles. The molecule has 0 saturated heterocycles. The number of fused-ring (bicyclic) bond motifs is 1. The van der Waals surface area contributed by atoms with Gasteiger partial charge in [-0.3, -0.25) is 0 Å². The van der Waals surface area contributed by atoms with Gasteiger partial charge in [-0.1, -0.05) is 12.1 Å². The maximum Gasteiger partial charge on any atom is 0.123 e. The lowest BCUT2D eigenvalue weighted by molar-refractivity contribution is 0.597. The molecule has 1 heterocycles. The van der Waals surface area contributed by atoms with Crippen molar-refractivity contribution < 1.29 is 4.39 Å². The van der Waals surface area contributed by atoms with Gasteiger partial charge in [-0.15, -0.1) is 11.3 Å². The first-order valence-electron chi connectivity index (χ1n) is 6.79.